The molecule has 0 heterocycles. The Morgan fingerprint density at radius 2 is 0.857 bits per heavy atom. The van der Waals surface area contributed by atoms with E-state index in [1.807, 2.05) is 0 Å². The topological polar surface area (TPSA) is 95.9 Å². The molecule has 0 spiro atoms. The van der Waals surface area contributed by atoms with Gasteiger partial charge in [-0.3, -0.25) is 9.59 Å². The van der Waals surface area contributed by atoms with Gasteiger partial charge in [0.05, 0.1) is 25.2 Å². The van der Waals surface area contributed by atoms with Gasteiger partial charge in [-0.15, -0.1) is 0 Å². The standard InChI is InChI=1S/C57H101NO5/c1-4-7-10-13-16-19-22-25-27-28-29-32-35-38-41-44-47-50-57(62)63-53(48-45-42-39-36-33-30-24-21-18-15-12-9-6-3)51-56(61)58-54(52-59)55(60)49-46-43-40-37-34-31-26-23-20-17-14-11-8-5-2/h7,10,16,19,21,24-25,27,29,32,38,41,53-55,59-60H,4-6,8-9,11-15,17-18,20,22-23,26,28,30-31,33-37,39-40,42-52H2,1-3H3,(H,58,61)/b10-7-,19-16-,24-21-,27-25-,32-29-,41-38-. The Bertz CT molecular complexity index is 1170. The van der Waals surface area contributed by atoms with Crippen LogP contribution in [0.2, 0.25) is 0 Å². The van der Waals surface area contributed by atoms with Crippen molar-refractivity contribution in [3.63, 3.8) is 0 Å². The maximum atomic E-state index is 13.2. The normalized spacial score (nSPS) is 13.8. The first-order chi connectivity index (χ1) is 31.0. The van der Waals surface area contributed by atoms with Gasteiger partial charge in [0.2, 0.25) is 5.91 Å². The Hall–Kier alpha value is -2.70. The predicted molar refractivity (Wildman–Crippen MR) is 273 cm³/mol. The summed E-state index contributed by atoms with van der Waals surface area (Å²) in [5.41, 5.74) is 0. The summed E-state index contributed by atoms with van der Waals surface area (Å²) in [6.45, 7) is 6.35. The van der Waals surface area contributed by atoms with E-state index in [1.165, 1.54) is 116 Å². The highest BCUT2D eigenvalue weighted by atomic mass is 16.5. The highest BCUT2D eigenvalue weighted by Gasteiger charge is 2.24. The van der Waals surface area contributed by atoms with Crippen LogP contribution < -0.4 is 5.32 Å². The Balaban J connectivity index is 4.66. The molecule has 0 aromatic rings. The molecule has 6 heteroatoms. The van der Waals surface area contributed by atoms with Gasteiger partial charge in [-0.2, -0.15) is 0 Å². The lowest BCUT2D eigenvalue weighted by molar-refractivity contribution is -0.151. The third kappa shape index (κ3) is 45.7. The summed E-state index contributed by atoms with van der Waals surface area (Å²) in [5.74, 6) is -0.551. The number of aliphatic hydroxyl groups is 2. The third-order valence-electron chi connectivity index (χ3n) is 11.8. The molecule has 0 radical (unpaired) electrons. The molecule has 0 aromatic carbocycles. The maximum absolute atomic E-state index is 13.2. The van der Waals surface area contributed by atoms with Gasteiger partial charge in [0, 0.05) is 6.42 Å². The van der Waals surface area contributed by atoms with Gasteiger partial charge in [-0.25, -0.2) is 0 Å². The first-order valence-corrected chi connectivity index (χ1v) is 26.7. The van der Waals surface area contributed by atoms with E-state index < -0.39 is 18.2 Å². The van der Waals surface area contributed by atoms with E-state index in [0.717, 1.165) is 83.5 Å². The minimum Gasteiger partial charge on any atom is -0.462 e. The SMILES string of the molecule is CC/C=C\C/C=C\C/C=C\C/C=C\C/C=C\CCCC(=O)OC(CCCCCCC/C=C\CCCCCC)CC(=O)NC(CO)C(O)CCCCCCCCCCCCCCCC. The zero-order valence-corrected chi connectivity index (χ0v) is 41.4. The fourth-order valence-electron chi connectivity index (χ4n) is 7.75. The molecule has 364 valence electrons. The number of hydrogen-bond donors (Lipinski definition) is 3. The Morgan fingerprint density at radius 1 is 0.476 bits per heavy atom. The van der Waals surface area contributed by atoms with Gasteiger partial charge in [0.1, 0.15) is 6.10 Å². The van der Waals surface area contributed by atoms with Crippen molar-refractivity contribution in [3.05, 3.63) is 72.9 Å². The molecule has 0 fully saturated rings. The molecule has 0 saturated heterocycles. The summed E-state index contributed by atoms with van der Waals surface area (Å²) in [5, 5.41) is 23.8. The van der Waals surface area contributed by atoms with Crippen LogP contribution in [-0.2, 0) is 14.3 Å². The lowest BCUT2D eigenvalue weighted by Crippen LogP contribution is -2.46. The van der Waals surface area contributed by atoms with Gasteiger partial charge in [-0.05, 0) is 89.9 Å². The number of aliphatic hydroxyl groups excluding tert-OH is 2. The largest absolute Gasteiger partial charge is 0.462 e. The number of allylic oxidation sites excluding steroid dienone is 12. The summed E-state index contributed by atoms with van der Waals surface area (Å²) >= 11 is 0. The summed E-state index contributed by atoms with van der Waals surface area (Å²) in [4.78, 5) is 26.2. The van der Waals surface area contributed by atoms with Crippen LogP contribution >= 0.6 is 0 Å². The highest BCUT2D eigenvalue weighted by molar-refractivity contribution is 5.77. The molecular weight excluding hydrogens is 779 g/mol. The van der Waals surface area contributed by atoms with Gasteiger partial charge >= 0.3 is 5.97 Å². The molecule has 0 aliphatic heterocycles. The van der Waals surface area contributed by atoms with Gasteiger partial charge in [0.15, 0.2) is 0 Å². The van der Waals surface area contributed by atoms with Crippen LogP contribution in [0.3, 0.4) is 0 Å². The van der Waals surface area contributed by atoms with Crippen LogP contribution in [-0.4, -0.2) is 46.9 Å². The predicted octanol–water partition coefficient (Wildman–Crippen LogP) is 16.2. The lowest BCUT2D eigenvalue weighted by Gasteiger charge is -2.24. The number of carbonyl (C=O) groups is 2. The number of esters is 1. The van der Waals surface area contributed by atoms with Crippen LogP contribution in [0.5, 0.6) is 0 Å². The fraction of sp³-hybridized carbons (Fsp3) is 0.754. The maximum Gasteiger partial charge on any atom is 0.306 e. The smallest absolute Gasteiger partial charge is 0.306 e. The van der Waals surface area contributed by atoms with Crippen molar-refractivity contribution in [1.29, 1.82) is 0 Å². The van der Waals surface area contributed by atoms with Gasteiger partial charge < -0.3 is 20.3 Å². The van der Waals surface area contributed by atoms with Crippen molar-refractivity contribution in [2.45, 2.75) is 270 Å². The molecule has 3 atom stereocenters. The Kier molecular flexibility index (Phi) is 48.1. The number of nitrogens with one attached hydrogen (secondary N) is 1. The van der Waals surface area contributed by atoms with Crippen LogP contribution in [0.4, 0.5) is 0 Å². The zero-order valence-electron chi connectivity index (χ0n) is 41.4. The summed E-state index contributed by atoms with van der Waals surface area (Å²) in [7, 11) is 0. The second-order valence-electron chi connectivity index (χ2n) is 17.9. The first kappa shape index (κ1) is 60.3. The van der Waals surface area contributed by atoms with Crippen LogP contribution in [0.15, 0.2) is 72.9 Å². The van der Waals surface area contributed by atoms with E-state index in [2.05, 4.69) is 99.0 Å². The van der Waals surface area contributed by atoms with E-state index in [4.69, 9.17) is 4.74 Å². The van der Waals surface area contributed by atoms with Crippen LogP contribution in [0, 0.1) is 0 Å². The van der Waals surface area contributed by atoms with Crippen LogP contribution in [0.25, 0.3) is 0 Å². The number of carbonyl (C=O) groups excluding carboxylic acids is 2. The van der Waals surface area contributed by atoms with E-state index in [9.17, 15) is 19.8 Å². The quantitative estimate of drug-likeness (QED) is 0.0321. The molecule has 3 unspecified atom stereocenters. The third-order valence-corrected chi connectivity index (χ3v) is 11.8. The first-order valence-electron chi connectivity index (χ1n) is 26.7. The molecule has 63 heavy (non-hydrogen) atoms. The fourth-order valence-corrected chi connectivity index (χ4v) is 7.75. The molecule has 1 amide bonds. The number of hydrogen-bond acceptors (Lipinski definition) is 5. The number of amides is 1. The van der Waals surface area contributed by atoms with E-state index in [1.54, 1.807) is 0 Å². The zero-order chi connectivity index (χ0) is 45.9. The minimum absolute atomic E-state index is 0.0473. The van der Waals surface area contributed by atoms with Crippen molar-refractivity contribution in [2.24, 2.45) is 0 Å². The van der Waals surface area contributed by atoms with Crippen molar-refractivity contribution >= 4 is 11.9 Å². The average molecular weight is 880 g/mol. The highest BCUT2D eigenvalue weighted by Crippen LogP contribution is 2.17. The second-order valence-corrected chi connectivity index (χ2v) is 17.9. The molecule has 0 aliphatic carbocycles. The summed E-state index contributed by atoms with van der Waals surface area (Å²) < 4.78 is 5.91. The number of ether oxygens (including phenoxy) is 1. The monoisotopic (exact) mass is 880 g/mol. The number of rotatable bonds is 47. The average Bonchev–Trinajstić information content (AvgIpc) is 3.28. The summed E-state index contributed by atoms with van der Waals surface area (Å²) in [6, 6.07) is -0.718. The van der Waals surface area contributed by atoms with Crippen molar-refractivity contribution in [3.8, 4) is 0 Å². The molecule has 0 saturated carbocycles. The van der Waals surface area contributed by atoms with Gasteiger partial charge in [-0.1, -0.05) is 222 Å². The van der Waals surface area contributed by atoms with Crippen molar-refractivity contribution in [2.75, 3.05) is 6.61 Å². The molecule has 6 nitrogen and oxygen atoms in total. The van der Waals surface area contributed by atoms with Crippen molar-refractivity contribution < 1.29 is 24.5 Å². The lowest BCUT2D eigenvalue weighted by atomic mass is 10.0. The van der Waals surface area contributed by atoms with Crippen molar-refractivity contribution in [1.82, 2.24) is 5.32 Å². The Morgan fingerprint density at radius 3 is 1.33 bits per heavy atom. The summed E-state index contributed by atoms with van der Waals surface area (Å²) in [6.07, 6.45) is 63.9. The number of unbranched alkanes of at least 4 members (excludes halogenated alkanes) is 23. The van der Waals surface area contributed by atoms with Gasteiger partial charge in [0.25, 0.3) is 0 Å². The second kappa shape index (κ2) is 50.3. The molecular formula is C57H101NO5. The Labute approximate surface area is 390 Å². The minimum atomic E-state index is -0.802. The molecule has 0 bridgehead atoms. The molecule has 0 aromatic heterocycles. The van der Waals surface area contributed by atoms with E-state index >= 15 is 0 Å². The van der Waals surface area contributed by atoms with E-state index in [-0.39, 0.29) is 24.9 Å². The van der Waals surface area contributed by atoms with Crippen LogP contribution in [0.1, 0.15) is 252 Å². The molecule has 0 rings (SSSR count). The molecule has 0 aliphatic rings. The molecule has 3 N–H and O–H groups in total. The van der Waals surface area contributed by atoms with E-state index in [0.29, 0.717) is 25.7 Å².